The minimum Gasteiger partial charge on any atom is -0.310 e. The maximum Gasteiger partial charge on any atom is 0.237 e. The highest BCUT2D eigenvalue weighted by Crippen LogP contribution is 2.26. The van der Waals surface area contributed by atoms with E-state index in [0.717, 1.165) is 12.1 Å². The Morgan fingerprint density at radius 3 is 2.37 bits per heavy atom. The van der Waals surface area contributed by atoms with Crippen molar-refractivity contribution in [3.8, 4) is 0 Å². The summed E-state index contributed by atoms with van der Waals surface area (Å²) in [6.07, 6.45) is 0.315. The fourth-order valence-corrected chi connectivity index (χ4v) is 2.14. The first-order chi connectivity index (χ1) is 8.99. The highest BCUT2D eigenvalue weighted by Gasteiger charge is 2.36. The maximum absolute atomic E-state index is 11.9. The average Bonchev–Trinajstić information content (AvgIpc) is 2.62. The molecule has 1 aromatic rings. The van der Waals surface area contributed by atoms with Gasteiger partial charge < -0.3 is 5.32 Å². The van der Waals surface area contributed by atoms with E-state index in [1.807, 2.05) is 24.3 Å². The van der Waals surface area contributed by atoms with Crippen LogP contribution in [0.25, 0.3) is 0 Å². The van der Waals surface area contributed by atoms with Crippen molar-refractivity contribution in [1.29, 1.82) is 0 Å². The summed E-state index contributed by atoms with van der Waals surface area (Å²) in [5, 5.41) is 3.33. The van der Waals surface area contributed by atoms with E-state index in [0.29, 0.717) is 18.2 Å². The van der Waals surface area contributed by atoms with Crippen LogP contribution < -0.4 is 10.2 Å². The van der Waals surface area contributed by atoms with E-state index in [9.17, 15) is 9.59 Å². The molecule has 1 aliphatic heterocycles. The lowest BCUT2D eigenvalue weighted by Gasteiger charge is -2.15. The third kappa shape index (κ3) is 3.01. The van der Waals surface area contributed by atoms with Crippen molar-refractivity contribution < 1.29 is 9.59 Å². The van der Waals surface area contributed by atoms with Crippen LogP contribution in [-0.2, 0) is 16.1 Å². The number of nitrogens with zero attached hydrogens (tertiary/aromatic N) is 1. The standard InChI is InChI=1S/C15H20N2O2/c1-10(2)16-9-12-4-6-13(7-5-12)17-14(18)8-11(3)15(17)19/h4-7,10-11,16H,8-9H2,1-3H3. The van der Waals surface area contributed by atoms with Crippen molar-refractivity contribution >= 4 is 17.5 Å². The molecule has 102 valence electrons. The molecule has 0 radical (unpaired) electrons. The molecule has 0 spiro atoms. The topological polar surface area (TPSA) is 49.4 Å². The van der Waals surface area contributed by atoms with Gasteiger partial charge in [0.05, 0.1) is 5.69 Å². The van der Waals surface area contributed by atoms with Gasteiger partial charge in [0.25, 0.3) is 0 Å². The molecule has 1 unspecified atom stereocenters. The Balaban J connectivity index is 2.10. The van der Waals surface area contributed by atoms with Crippen molar-refractivity contribution in [2.45, 2.75) is 39.8 Å². The second-order valence-corrected chi connectivity index (χ2v) is 5.37. The monoisotopic (exact) mass is 260 g/mol. The molecule has 1 saturated heterocycles. The summed E-state index contributed by atoms with van der Waals surface area (Å²) in [6.45, 7) is 6.77. The molecular formula is C15H20N2O2. The molecule has 1 aromatic carbocycles. The summed E-state index contributed by atoms with van der Waals surface area (Å²) >= 11 is 0. The van der Waals surface area contributed by atoms with Crippen LogP contribution in [0.1, 0.15) is 32.8 Å². The smallest absolute Gasteiger partial charge is 0.237 e. The molecule has 1 aliphatic rings. The van der Waals surface area contributed by atoms with Gasteiger partial charge in [-0.1, -0.05) is 32.9 Å². The minimum absolute atomic E-state index is 0.0990. The zero-order valence-corrected chi connectivity index (χ0v) is 11.6. The SMILES string of the molecule is CC(C)NCc1ccc(N2C(=O)CC(C)C2=O)cc1. The van der Waals surface area contributed by atoms with Gasteiger partial charge in [-0.05, 0) is 17.7 Å². The molecule has 2 amide bonds. The zero-order valence-electron chi connectivity index (χ0n) is 11.6. The largest absolute Gasteiger partial charge is 0.310 e. The van der Waals surface area contributed by atoms with E-state index in [1.165, 1.54) is 4.90 Å². The summed E-state index contributed by atoms with van der Waals surface area (Å²) in [5.41, 5.74) is 1.82. The van der Waals surface area contributed by atoms with Crippen molar-refractivity contribution in [3.63, 3.8) is 0 Å². The summed E-state index contributed by atoms with van der Waals surface area (Å²) in [4.78, 5) is 25.0. The number of rotatable bonds is 4. The fourth-order valence-electron chi connectivity index (χ4n) is 2.14. The predicted molar refractivity (Wildman–Crippen MR) is 74.7 cm³/mol. The van der Waals surface area contributed by atoms with E-state index in [4.69, 9.17) is 0 Å². The summed E-state index contributed by atoms with van der Waals surface area (Å²) in [5.74, 6) is -0.404. The second kappa shape index (κ2) is 5.53. The third-order valence-corrected chi connectivity index (χ3v) is 3.28. The van der Waals surface area contributed by atoms with Crippen molar-refractivity contribution in [2.75, 3.05) is 4.90 Å². The molecule has 1 N–H and O–H groups in total. The molecule has 2 rings (SSSR count). The Labute approximate surface area is 113 Å². The van der Waals surface area contributed by atoms with E-state index in [2.05, 4.69) is 19.2 Å². The number of imide groups is 1. The van der Waals surface area contributed by atoms with Gasteiger partial charge in [-0.2, -0.15) is 0 Å². The van der Waals surface area contributed by atoms with E-state index in [1.54, 1.807) is 6.92 Å². The van der Waals surface area contributed by atoms with Crippen LogP contribution in [0.3, 0.4) is 0 Å². The molecule has 0 bridgehead atoms. The first-order valence-electron chi connectivity index (χ1n) is 6.68. The van der Waals surface area contributed by atoms with Crippen LogP contribution in [0, 0.1) is 5.92 Å². The number of carbonyl (C=O) groups is 2. The third-order valence-electron chi connectivity index (χ3n) is 3.28. The van der Waals surface area contributed by atoms with Crippen molar-refractivity contribution in [2.24, 2.45) is 5.92 Å². The van der Waals surface area contributed by atoms with Crippen molar-refractivity contribution in [1.82, 2.24) is 5.32 Å². The predicted octanol–water partition coefficient (Wildman–Crippen LogP) is 2.08. The quantitative estimate of drug-likeness (QED) is 0.843. The number of hydrogen-bond acceptors (Lipinski definition) is 3. The van der Waals surface area contributed by atoms with Gasteiger partial charge in [0.1, 0.15) is 0 Å². The van der Waals surface area contributed by atoms with E-state index in [-0.39, 0.29) is 17.7 Å². The van der Waals surface area contributed by atoms with Gasteiger partial charge in [0, 0.05) is 24.9 Å². The molecule has 1 heterocycles. The lowest BCUT2D eigenvalue weighted by molar-refractivity contribution is -0.122. The zero-order chi connectivity index (χ0) is 14.0. The molecule has 4 nitrogen and oxygen atoms in total. The minimum atomic E-state index is -0.199. The van der Waals surface area contributed by atoms with Gasteiger partial charge >= 0.3 is 0 Å². The van der Waals surface area contributed by atoms with Crippen LogP contribution in [0.4, 0.5) is 5.69 Å². The Bertz CT molecular complexity index is 479. The maximum atomic E-state index is 11.9. The van der Waals surface area contributed by atoms with Crippen molar-refractivity contribution in [3.05, 3.63) is 29.8 Å². The Kier molecular flexibility index (Phi) is 4.00. The van der Waals surface area contributed by atoms with E-state index >= 15 is 0 Å². The Morgan fingerprint density at radius 2 is 1.89 bits per heavy atom. The fraction of sp³-hybridized carbons (Fsp3) is 0.467. The average molecular weight is 260 g/mol. The number of anilines is 1. The van der Waals surface area contributed by atoms with Crippen LogP contribution in [0.5, 0.6) is 0 Å². The van der Waals surface area contributed by atoms with Gasteiger partial charge in [-0.25, -0.2) is 0 Å². The Morgan fingerprint density at radius 1 is 1.26 bits per heavy atom. The lowest BCUT2D eigenvalue weighted by Crippen LogP contribution is -2.30. The van der Waals surface area contributed by atoms with Crippen LogP contribution in [0.15, 0.2) is 24.3 Å². The van der Waals surface area contributed by atoms with Gasteiger partial charge in [-0.15, -0.1) is 0 Å². The first-order valence-corrected chi connectivity index (χ1v) is 6.68. The first kappa shape index (κ1) is 13.7. The summed E-state index contributed by atoms with van der Waals surface area (Å²) in [6, 6.07) is 8.01. The highest BCUT2D eigenvalue weighted by molar-refractivity contribution is 6.20. The summed E-state index contributed by atoms with van der Waals surface area (Å²) in [7, 11) is 0. The van der Waals surface area contributed by atoms with E-state index < -0.39 is 0 Å². The molecule has 0 aromatic heterocycles. The van der Waals surface area contributed by atoms with Crippen LogP contribution in [0.2, 0.25) is 0 Å². The van der Waals surface area contributed by atoms with Gasteiger partial charge in [0.15, 0.2) is 0 Å². The number of nitrogens with one attached hydrogen (secondary N) is 1. The number of carbonyl (C=O) groups excluding carboxylic acids is 2. The van der Waals surface area contributed by atoms with Crippen LogP contribution >= 0.6 is 0 Å². The van der Waals surface area contributed by atoms with Gasteiger partial charge in [0.2, 0.25) is 11.8 Å². The van der Waals surface area contributed by atoms with Gasteiger partial charge in [-0.3, -0.25) is 14.5 Å². The lowest BCUT2D eigenvalue weighted by atomic mass is 10.1. The molecule has 0 saturated carbocycles. The highest BCUT2D eigenvalue weighted by atomic mass is 16.2. The van der Waals surface area contributed by atoms with Crippen LogP contribution in [-0.4, -0.2) is 17.9 Å². The molecule has 19 heavy (non-hydrogen) atoms. The normalized spacial score (nSPS) is 19.6. The second-order valence-electron chi connectivity index (χ2n) is 5.37. The Hall–Kier alpha value is -1.68. The molecular weight excluding hydrogens is 240 g/mol. The molecule has 0 aliphatic carbocycles. The number of amides is 2. The molecule has 1 fully saturated rings. The number of hydrogen-bond donors (Lipinski definition) is 1. The molecule has 1 atom stereocenters. The molecule has 4 heteroatoms. The summed E-state index contributed by atoms with van der Waals surface area (Å²) < 4.78 is 0. The number of benzene rings is 1.